The Balaban J connectivity index is 0. The van der Waals surface area contributed by atoms with Crippen LogP contribution in [0.15, 0.2) is 0 Å². The molecule has 1 rings (SSSR count). The van der Waals surface area contributed by atoms with Crippen LogP contribution in [0.1, 0.15) is 41.0 Å². The second-order valence-electron chi connectivity index (χ2n) is 3.94. The van der Waals surface area contributed by atoms with Gasteiger partial charge in [-0.3, -0.25) is 9.59 Å². The largest absolute Gasteiger partial charge is 0.372 e. The van der Waals surface area contributed by atoms with Gasteiger partial charge in [0, 0.05) is 18.2 Å². The van der Waals surface area contributed by atoms with E-state index in [1.165, 1.54) is 19.1 Å². The molecule has 4 nitrogen and oxygen atoms in total. The summed E-state index contributed by atoms with van der Waals surface area (Å²) in [7, 11) is 0. The number of carbonyl (C=O) groups excluding carboxylic acids is 2. The molecule has 0 aliphatic carbocycles. The maximum absolute atomic E-state index is 11.4. The summed E-state index contributed by atoms with van der Waals surface area (Å²) >= 11 is 1.88. The van der Waals surface area contributed by atoms with E-state index in [2.05, 4.69) is 5.32 Å². The van der Waals surface area contributed by atoms with Crippen molar-refractivity contribution in [2.24, 2.45) is 0 Å². The van der Waals surface area contributed by atoms with Crippen LogP contribution in [0, 0.1) is 0 Å². The highest BCUT2D eigenvalue weighted by atomic mass is 32.2. The maximum Gasteiger partial charge on any atom is 0.221 e. The lowest BCUT2D eigenvalue weighted by Gasteiger charge is -2.09. The van der Waals surface area contributed by atoms with Crippen molar-refractivity contribution in [2.75, 3.05) is 25.5 Å². The summed E-state index contributed by atoms with van der Waals surface area (Å²) in [5, 5.41) is 3.29. The van der Waals surface area contributed by atoms with Gasteiger partial charge in [-0.05, 0) is 25.5 Å². The van der Waals surface area contributed by atoms with Gasteiger partial charge in [-0.2, -0.15) is 11.8 Å². The molecule has 18 heavy (non-hydrogen) atoms. The molecule has 1 atom stereocenters. The normalized spacial score (nSPS) is 17.5. The summed E-state index contributed by atoms with van der Waals surface area (Å²) < 4.78 is 5.05. The average Bonchev–Trinajstić information content (AvgIpc) is 2.69. The molecule has 108 valence electrons. The third-order valence-electron chi connectivity index (χ3n) is 2.31. The Bertz CT molecular complexity index is 240. The van der Waals surface area contributed by atoms with Crippen molar-refractivity contribution in [3.63, 3.8) is 0 Å². The number of amides is 1. The summed E-state index contributed by atoms with van der Waals surface area (Å²) in [6, 6.07) is 0. The van der Waals surface area contributed by atoms with Crippen LogP contribution in [0.3, 0.4) is 0 Å². The first-order chi connectivity index (χ1) is 7.68. The summed E-state index contributed by atoms with van der Waals surface area (Å²) in [4.78, 5) is 22.0. The second-order valence-corrected chi connectivity index (χ2v) is 5.35. The van der Waals surface area contributed by atoms with Gasteiger partial charge in [0.25, 0.3) is 0 Å². The molecule has 1 saturated heterocycles. The molecule has 1 amide bonds. The maximum atomic E-state index is 11.4. The third kappa shape index (κ3) is 9.48. The van der Waals surface area contributed by atoms with E-state index < -0.39 is 0 Å². The first-order valence-electron chi connectivity index (χ1n) is 5.64. The highest BCUT2D eigenvalue weighted by Crippen LogP contribution is 2.28. The van der Waals surface area contributed by atoms with E-state index in [0.717, 1.165) is 6.42 Å². The first kappa shape index (κ1) is 19.8. The number of ketones is 1. The van der Waals surface area contributed by atoms with Crippen molar-refractivity contribution < 1.29 is 14.3 Å². The fourth-order valence-electron chi connectivity index (χ4n) is 1.56. The molecular formula is C13H27NO3S. The minimum Gasteiger partial charge on any atom is -0.372 e. The van der Waals surface area contributed by atoms with Gasteiger partial charge in [-0.15, -0.1) is 0 Å². The Kier molecular flexibility index (Phi) is 12.7. The molecule has 0 aromatic carbocycles. The Morgan fingerprint density at radius 2 is 2.11 bits per heavy atom. The molecule has 0 saturated carbocycles. The summed E-state index contributed by atoms with van der Waals surface area (Å²) in [5.41, 5.74) is 0. The minimum absolute atomic E-state index is 0. The lowest BCUT2D eigenvalue weighted by molar-refractivity contribution is -0.122. The van der Waals surface area contributed by atoms with E-state index in [9.17, 15) is 9.59 Å². The Labute approximate surface area is 115 Å². The van der Waals surface area contributed by atoms with Crippen LogP contribution in [0.5, 0.6) is 0 Å². The highest BCUT2D eigenvalue weighted by molar-refractivity contribution is 8.00. The monoisotopic (exact) mass is 277 g/mol. The van der Waals surface area contributed by atoms with Crippen LogP contribution in [0.25, 0.3) is 0 Å². The van der Waals surface area contributed by atoms with Gasteiger partial charge in [-0.25, -0.2) is 0 Å². The van der Waals surface area contributed by atoms with Gasteiger partial charge in [0.2, 0.25) is 5.91 Å². The first-order valence-corrected chi connectivity index (χ1v) is 6.69. The van der Waals surface area contributed by atoms with Crippen molar-refractivity contribution in [3.8, 4) is 0 Å². The predicted octanol–water partition coefficient (Wildman–Crippen LogP) is 2.27. The molecule has 0 bridgehead atoms. The van der Waals surface area contributed by atoms with Gasteiger partial charge >= 0.3 is 0 Å². The van der Waals surface area contributed by atoms with E-state index >= 15 is 0 Å². The number of carbonyl (C=O) groups is 2. The van der Waals surface area contributed by atoms with Gasteiger partial charge in [0.15, 0.2) is 5.78 Å². The SMILES string of the molecule is C.C.CC(=O)COCCNC(=O)CC1CCCS1. The number of thioether (sulfide) groups is 1. The quantitative estimate of drug-likeness (QED) is 0.725. The topological polar surface area (TPSA) is 55.4 Å². The molecule has 1 fully saturated rings. The molecule has 0 aromatic heterocycles. The molecule has 1 aliphatic heterocycles. The van der Waals surface area contributed by atoms with Gasteiger partial charge in [0.05, 0.1) is 6.61 Å². The van der Waals surface area contributed by atoms with Crippen LogP contribution >= 0.6 is 11.8 Å². The number of ether oxygens (including phenoxy) is 1. The Hall–Kier alpha value is -0.550. The molecular weight excluding hydrogens is 250 g/mol. The zero-order valence-corrected chi connectivity index (χ0v) is 10.5. The summed E-state index contributed by atoms with van der Waals surface area (Å²) in [6.07, 6.45) is 2.99. The molecule has 1 aliphatic rings. The molecule has 0 aromatic rings. The van der Waals surface area contributed by atoms with Crippen molar-refractivity contribution in [1.82, 2.24) is 5.32 Å². The van der Waals surface area contributed by atoms with Crippen LogP contribution in [0.2, 0.25) is 0 Å². The predicted molar refractivity (Wildman–Crippen MR) is 78.1 cm³/mol. The molecule has 0 spiro atoms. The number of Topliss-reactive ketones (excluding diaryl/α,β-unsaturated/α-hetero) is 1. The number of nitrogens with one attached hydrogen (secondary N) is 1. The van der Waals surface area contributed by atoms with Crippen LogP contribution in [-0.4, -0.2) is 42.5 Å². The molecule has 0 radical (unpaired) electrons. The molecule has 5 heteroatoms. The lowest BCUT2D eigenvalue weighted by atomic mass is 10.2. The van der Waals surface area contributed by atoms with E-state index in [4.69, 9.17) is 4.74 Å². The van der Waals surface area contributed by atoms with E-state index in [1.807, 2.05) is 11.8 Å². The molecule has 1 N–H and O–H groups in total. The highest BCUT2D eigenvalue weighted by Gasteiger charge is 2.18. The van der Waals surface area contributed by atoms with Crippen LogP contribution in [-0.2, 0) is 14.3 Å². The van der Waals surface area contributed by atoms with Crippen molar-refractivity contribution in [1.29, 1.82) is 0 Å². The lowest BCUT2D eigenvalue weighted by Crippen LogP contribution is -2.29. The Morgan fingerprint density at radius 1 is 1.39 bits per heavy atom. The summed E-state index contributed by atoms with van der Waals surface area (Å²) in [6.45, 7) is 2.51. The molecule has 1 unspecified atom stereocenters. The van der Waals surface area contributed by atoms with Gasteiger partial charge < -0.3 is 10.1 Å². The second kappa shape index (κ2) is 11.5. The van der Waals surface area contributed by atoms with Crippen LogP contribution in [0.4, 0.5) is 0 Å². The van der Waals surface area contributed by atoms with Gasteiger partial charge in [0.1, 0.15) is 6.61 Å². The summed E-state index contributed by atoms with van der Waals surface area (Å²) in [5.74, 6) is 1.28. The van der Waals surface area contributed by atoms with Crippen LogP contribution < -0.4 is 5.32 Å². The van der Waals surface area contributed by atoms with Crippen molar-refractivity contribution in [2.45, 2.75) is 46.3 Å². The zero-order chi connectivity index (χ0) is 11.8. The Morgan fingerprint density at radius 3 is 2.67 bits per heavy atom. The minimum atomic E-state index is 0. The fourth-order valence-corrected chi connectivity index (χ4v) is 2.83. The van der Waals surface area contributed by atoms with Crippen molar-refractivity contribution >= 4 is 23.5 Å². The smallest absolute Gasteiger partial charge is 0.221 e. The standard InChI is InChI=1S/C11H19NO3S.2CH4/c1-9(13)8-15-5-4-12-11(14)7-10-3-2-6-16-10;;/h10H,2-8H2,1H3,(H,12,14);2*1H4. The average molecular weight is 277 g/mol. The number of rotatable bonds is 7. The third-order valence-corrected chi connectivity index (χ3v) is 3.71. The molecule has 1 heterocycles. The fraction of sp³-hybridized carbons (Fsp3) is 0.846. The van der Waals surface area contributed by atoms with Crippen molar-refractivity contribution in [3.05, 3.63) is 0 Å². The van der Waals surface area contributed by atoms with E-state index in [1.54, 1.807) is 0 Å². The number of hydrogen-bond donors (Lipinski definition) is 1. The van der Waals surface area contributed by atoms with E-state index in [0.29, 0.717) is 24.8 Å². The zero-order valence-electron chi connectivity index (χ0n) is 9.66. The van der Waals surface area contributed by atoms with E-state index in [-0.39, 0.29) is 33.2 Å². The van der Waals surface area contributed by atoms with Gasteiger partial charge in [-0.1, -0.05) is 14.9 Å². The number of hydrogen-bond acceptors (Lipinski definition) is 4.